The predicted molar refractivity (Wildman–Crippen MR) is 139 cm³/mol. The van der Waals surface area contributed by atoms with Crippen LogP contribution in [0.2, 0.25) is 0 Å². The molecule has 0 atom stereocenters. The van der Waals surface area contributed by atoms with Gasteiger partial charge in [0.2, 0.25) is 5.95 Å². The van der Waals surface area contributed by atoms with Crippen molar-refractivity contribution in [2.45, 2.75) is 71.0 Å². The molecule has 4 aromatic rings. The first-order chi connectivity index (χ1) is 18.1. The minimum atomic E-state index is -4.34. The summed E-state index contributed by atoms with van der Waals surface area (Å²) in [5, 5.41) is 0.828. The number of halogens is 4. The highest BCUT2D eigenvalue weighted by Crippen LogP contribution is 2.32. The van der Waals surface area contributed by atoms with Crippen LogP contribution >= 0.6 is 0 Å². The van der Waals surface area contributed by atoms with Crippen molar-refractivity contribution in [2.24, 2.45) is 0 Å². The van der Waals surface area contributed by atoms with Gasteiger partial charge in [0.25, 0.3) is 5.56 Å². The first-order valence-corrected chi connectivity index (χ1v) is 12.7. The summed E-state index contributed by atoms with van der Waals surface area (Å²) in [6.07, 6.45) is 2.77. The van der Waals surface area contributed by atoms with Gasteiger partial charge in [0.1, 0.15) is 5.65 Å². The molecule has 1 saturated carbocycles. The van der Waals surface area contributed by atoms with Gasteiger partial charge in [0.05, 0.1) is 18.7 Å². The summed E-state index contributed by atoms with van der Waals surface area (Å²) in [6, 6.07) is 11.8. The monoisotopic (exact) mass is 526 g/mol. The molecule has 0 amide bonds. The van der Waals surface area contributed by atoms with E-state index in [-0.39, 0.29) is 29.3 Å². The number of rotatable bonds is 4. The number of aryl methyl sites for hydroxylation is 2. The molecular weight excluding hydrogens is 496 g/mol. The zero-order valence-electron chi connectivity index (χ0n) is 21.4. The molecule has 0 unspecified atom stereocenters. The Morgan fingerprint density at radius 2 is 1.74 bits per heavy atom. The minimum Gasteiger partial charge on any atom is -0.286 e. The van der Waals surface area contributed by atoms with Crippen LogP contribution in [0, 0.1) is 19.8 Å². The van der Waals surface area contributed by atoms with Crippen LogP contribution in [-0.4, -0.2) is 25.7 Å². The highest BCUT2D eigenvalue weighted by Gasteiger charge is 2.29. The summed E-state index contributed by atoms with van der Waals surface area (Å²) in [5.41, 5.74) is 3.04. The largest absolute Gasteiger partial charge is 0.393 e. The molecule has 38 heavy (non-hydrogen) atoms. The molecule has 1 aliphatic carbocycles. The third-order valence-electron chi connectivity index (χ3n) is 6.71. The quantitative estimate of drug-likeness (QED) is 0.216. The molecule has 5 rings (SSSR count). The van der Waals surface area contributed by atoms with Crippen molar-refractivity contribution in [3.63, 3.8) is 0 Å². The van der Waals surface area contributed by atoms with Crippen LogP contribution in [0.1, 0.15) is 66.1 Å². The van der Waals surface area contributed by atoms with E-state index in [2.05, 4.69) is 15.0 Å². The van der Waals surface area contributed by atoms with Crippen molar-refractivity contribution in [1.82, 2.24) is 19.5 Å². The summed E-state index contributed by atoms with van der Waals surface area (Å²) < 4.78 is 52.7. The zero-order valence-corrected chi connectivity index (χ0v) is 21.4. The fourth-order valence-electron chi connectivity index (χ4n) is 4.86. The molecule has 4 heterocycles. The maximum atomic E-state index is 13.5. The van der Waals surface area contributed by atoms with Crippen LogP contribution in [0.3, 0.4) is 0 Å². The molecule has 0 N–H and O–H groups in total. The van der Waals surface area contributed by atoms with Gasteiger partial charge in [0.15, 0.2) is 0 Å². The van der Waals surface area contributed by atoms with Gasteiger partial charge in [-0.15, -0.1) is 0 Å². The molecule has 0 spiro atoms. The summed E-state index contributed by atoms with van der Waals surface area (Å²) in [7, 11) is 0. The van der Waals surface area contributed by atoms with Crippen LogP contribution in [0.4, 0.5) is 17.6 Å². The van der Waals surface area contributed by atoms with E-state index >= 15 is 0 Å². The number of nitrogens with zero attached hydrogens (tertiary/aromatic N) is 4. The Hall–Kier alpha value is -3.62. The average molecular weight is 527 g/mol. The minimum absolute atomic E-state index is 0.0292. The molecule has 0 saturated heterocycles. The van der Waals surface area contributed by atoms with Gasteiger partial charge in [0, 0.05) is 29.0 Å². The summed E-state index contributed by atoms with van der Waals surface area (Å²) in [6.45, 7) is 3.63. The van der Waals surface area contributed by atoms with E-state index < -0.39 is 18.5 Å². The molecule has 0 radical (unpaired) electrons. The molecule has 1 fully saturated rings. The highest BCUT2D eigenvalue weighted by atomic mass is 19.4. The van der Waals surface area contributed by atoms with Crippen LogP contribution < -0.4 is 5.56 Å². The van der Waals surface area contributed by atoms with Gasteiger partial charge >= 0.3 is 6.18 Å². The second-order valence-electron chi connectivity index (χ2n) is 9.75. The first-order valence-electron chi connectivity index (χ1n) is 12.7. The van der Waals surface area contributed by atoms with E-state index in [0.717, 1.165) is 47.9 Å². The highest BCUT2D eigenvalue weighted by molar-refractivity contribution is 5.76. The number of alkyl halides is 3. The molecular formula is C29H30F4N4O. The van der Waals surface area contributed by atoms with Crippen molar-refractivity contribution in [1.29, 1.82) is 0 Å². The van der Waals surface area contributed by atoms with E-state index in [1.54, 1.807) is 6.07 Å². The zero-order chi connectivity index (χ0) is 27.3. The van der Waals surface area contributed by atoms with Crippen LogP contribution in [0.15, 0.2) is 59.7 Å². The number of pyridine rings is 4. The smallest absolute Gasteiger partial charge is 0.286 e. The Kier molecular flexibility index (Phi) is 8.54. The van der Waals surface area contributed by atoms with E-state index in [0.29, 0.717) is 5.65 Å². The van der Waals surface area contributed by atoms with Gasteiger partial charge in [-0.25, -0.2) is 9.97 Å². The molecule has 5 nitrogen and oxygen atoms in total. The first kappa shape index (κ1) is 27.4. The van der Waals surface area contributed by atoms with Gasteiger partial charge in [-0.1, -0.05) is 25.3 Å². The molecule has 1 aliphatic rings. The standard InChI is InChI=1S/C23H24F3N3O.C6H6FN/c1-15-9-10-17-12-19(16-6-3-2-4-7-16)22(30)29(21(17)28-15)14-20-18(8-5-11-27-20)13-23(24,25)26;1-5-2-3-8-6(7)4-5/h5,8-12,16H,2-4,6-7,13-14H2,1H3;2-4H,1H3. The lowest BCUT2D eigenvalue weighted by atomic mass is 9.84. The SMILES string of the molecule is Cc1ccc2cc(C3CCCCC3)c(=O)n(Cc3ncccc3CC(F)(F)F)c2n1.Cc1ccnc(F)c1. The number of hydrogen-bond acceptors (Lipinski definition) is 4. The Bertz CT molecular complexity index is 1440. The molecule has 200 valence electrons. The van der Waals surface area contributed by atoms with Crippen molar-refractivity contribution in [2.75, 3.05) is 0 Å². The van der Waals surface area contributed by atoms with Gasteiger partial charge < -0.3 is 0 Å². The van der Waals surface area contributed by atoms with E-state index in [1.807, 2.05) is 32.0 Å². The van der Waals surface area contributed by atoms with Gasteiger partial charge in [-0.05, 0) is 80.1 Å². The van der Waals surface area contributed by atoms with Crippen molar-refractivity contribution >= 4 is 11.0 Å². The fraction of sp³-hybridized carbons (Fsp3) is 0.379. The average Bonchev–Trinajstić information content (AvgIpc) is 2.87. The van der Waals surface area contributed by atoms with E-state index in [1.165, 1.54) is 41.6 Å². The Labute approximate surface area is 218 Å². The molecule has 0 bridgehead atoms. The lowest BCUT2D eigenvalue weighted by molar-refractivity contribution is -0.127. The van der Waals surface area contributed by atoms with Crippen LogP contribution in [0.5, 0.6) is 0 Å². The van der Waals surface area contributed by atoms with Crippen LogP contribution in [0.25, 0.3) is 11.0 Å². The molecule has 0 aliphatic heterocycles. The maximum absolute atomic E-state index is 13.5. The Balaban J connectivity index is 0.000000360. The number of hydrogen-bond donors (Lipinski definition) is 0. The second kappa shape index (κ2) is 11.8. The van der Waals surface area contributed by atoms with Crippen molar-refractivity contribution in [3.05, 3.63) is 99.2 Å². The Morgan fingerprint density at radius 3 is 2.39 bits per heavy atom. The predicted octanol–water partition coefficient (Wildman–Crippen LogP) is 6.83. The lowest BCUT2D eigenvalue weighted by Crippen LogP contribution is -2.28. The van der Waals surface area contributed by atoms with Gasteiger partial charge in [-0.2, -0.15) is 17.6 Å². The third kappa shape index (κ3) is 7.02. The normalized spacial score (nSPS) is 14.3. The Morgan fingerprint density at radius 1 is 0.974 bits per heavy atom. The van der Waals surface area contributed by atoms with Crippen molar-refractivity contribution in [3.8, 4) is 0 Å². The topological polar surface area (TPSA) is 60.7 Å². The summed E-state index contributed by atoms with van der Waals surface area (Å²) in [5.74, 6) is -0.230. The molecule has 4 aromatic heterocycles. The third-order valence-corrected chi connectivity index (χ3v) is 6.71. The maximum Gasteiger partial charge on any atom is 0.393 e. The molecule has 9 heteroatoms. The van der Waals surface area contributed by atoms with E-state index in [9.17, 15) is 22.4 Å². The summed E-state index contributed by atoms with van der Waals surface area (Å²) in [4.78, 5) is 25.6. The number of fused-ring (bicyclic) bond motifs is 1. The molecule has 0 aromatic carbocycles. The second-order valence-corrected chi connectivity index (χ2v) is 9.75. The lowest BCUT2D eigenvalue weighted by Gasteiger charge is -2.23. The van der Waals surface area contributed by atoms with Crippen LogP contribution in [-0.2, 0) is 13.0 Å². The summed E-state index contributed by atoms with van der Waals surface area (Å²) >= 11 is 0. The van der Waals surface area contributed by atoms with Crippen molar-refractivity contribution < 1.29 is 17.6 Å². The number of aromatic nitrogens is 4. The van der Waals surface area contributed by atoms with E-state index in [4.69, 9.17) is 0 Å². The fourth-order valence-corrected chi connectivity index (χ4v) is 4.86. The van der Waals surface area contributed by atoms with Gasteiger partial charge in [-0.3, -0.25) is 14.3 Å².